The maximum Gasteiger partial charge on any atom is 0.265 e. The van der Waals surface area contributed by atoms with Gasteiger partial charge in [-0.05, 0) is 31.2 Å². The lowest BCUT2D eigenvalue weighted by Crippen LogP contribution is -2.30. The van der Waals surface area contributed by atoms with Gasteiger partial charge >= 0.3 is 0 Å². The molecule has 2 rings (SSSR count). The number of amides is 1. The van der Waals surface area contributed by atoms with Crippen molar-refractivity contribution in [3.05, 3.63) is 53.6 Å². The van der Waals surface area contributed by atoms with Crippen LogP contribution in [-0.2, 0) is 4.79 Å². The van der Waals surface area contributed by atoms with Gasteiger partial charge in [0.2, 0.25) is 0 Å². The van der Waals surface area contributed by atoms with Gasteiger partial charge in [0.15, 0.2) is 17.6 Å². The smallest absolute Gasteiger partial charge is 0.265 e. The number of nitrogens with zero attached hydrogens (tertiary/aromatic N) is 2. The fourth-order valence-corrected chi connectivity index (χ4v) is 2.00. The number of hydrogen-bond acceptors (Lipinski definition) is 5. The van der Waals surface area contributed by atoms with E-state index in [-0.39, 0.29) is 0 Å². The maximum atomic E-state index is 12.3. The molecular formula is C18H15N3O3. The van der Waals surface area contributed by atoms with E-state index in [0.717, 1.165) is 0 Å². The van der Waals surface area contributed by atoms with Gasteiger partial charge in [-0.15, -0.1) is 0 Å². The Morgan fingerprint density at radius 1 is 1.12 bits per heavy atom. The minimum Gasteiger partial charge on any atom is -0.493 e. The van der Waals surface area contributed by atoms with E-state index in [1.165, 1.54) is 13.2 Å². The van der Waals surface area contributed by atoms with E-state index >= 15 is 0 Å². The predicted octanol–water partition coefficient (Wildman–Crippen LogP) is 2.84. The van der Waals surface area contributed by atoms with Crippen molar-refractivity contribution in [2.45, 2.75) is 13.0 Å². The van der Waals surface area contributed by atoms with E-state index in [2.05, 4.69) is 5.32 Å². The summed E-state index contributed by atoms with van der Waals surface area (Å²) in [6, 6.07) is 15.4. The molecule has 24 heavy (non-hydrogen) atoms. The molecule has 0 heterocycles. The fraction of sp³-hybridized carbons (Fsp3) is 0.167. The molecule has 0 aromatic heterocycles. The summed E-state index contributed by atoms with van der Waals surface area (Å²) in [7, 11) is 1.46. The summed E-state index contributed by atoms with van der Waals surface area (Å²) in [5.41, 5.74) is 1.22. The van der Waals surface area contributed by atoms with Gasteiger partial charge in [0, 0.05) is 6.07 Å². The van der Waals surface area contributed by atoms with Crippen LogP contribution < -0.4 is 14.8 Å². The van der Waals surface area contributed by atoms with E-state index < -0.39 is 12.0 Å². The summed E-state index contributed by atoms with van der Waals surface area (Å²) < 4.78 is 10.8. The van der Waals surface area contributed by atoms with Gasteiger partial charge < -0.3 is 14.8 Å². The van der Waals surface area contributed by atoms with Crippen molar-refractivity contribution in [3.63, 3.8) is 0 Å². The third-order valence-corrected chi connectivity index (χ3v) is 3.27. The first-order chi connectivity index (χ1) is 11.6. The van der Waals surface area contributed by atoms with Gasteiger partial charge in [-0.2, -0.15) is 10.5 Å². The molecular weight excluding hydrogens is 306 g/mol. The van der Waals surface area contributed by atoms with Crippen LogP contribution in [0, 0.1) is 22.7 Å². The Morgan fingerprint density at radius 3 is 2.54 bits per heavy atom. The van der Waals surface area contributed by atoms with Crippen molar-refractivity contribution in [2.24, 2.45) is 0 Å². The number of hydrogen-bond donors (Lipinski definition) is 1. The predicted molar refractivity (Wildman–Crippen MR) is 87.6 cm³/mol. The second-order valence-corrected chi connectivity index (χ2v) is 4.88. The molecule has 1 amide bonds. The number of nitriles is 2. The van der Waals surface area contributed by atoms with Crippen molar-refractivity contribution >= 4 is 11.6 Å². The molecule has 0 aliphatic rings. The molecule has 1 atom stereocenters. The van der Waals surface area contributed by atoms with Gasteiger partial charge in [0.05, 0.1) is 30.0 Å². The average Bonchev–Trinajstić information content (AvgIpc) is 2.62. The van der Waals surface area contributed by atoms with E-state index in [1.54, 1.807) is 43.3 Å². The number of carbonyl (C=O) groups excluding carboxylic acids is 1. The Bertz CT molecular complexity index is 834. The minimum absolute atomic E-state index is 0.354. The van der Waals surface area contributed by atoms with Crippen LogP contribution in [-0.4, -0.2) is 19.1 Å². The molecule has 0 bridgehead atoms. The largest absolute Gasteiger partial charge is 0.493 e. The topological polar surface area (TPSA) is 95.1 Å². The summed E-state index contributed by atoms with van der Waals surface area (Å²) in [5, 5.41) is 20.6. The van der Waals surface area contributed by atoms with Gasteiger partial charge in [-0.1, -0.05) is 12.1 Å². The van der Waals surface area contributed by atoms with Crippen LogP contribution in [0.1, 0.15) is 18.1 Å². The molecule has 0 aliphatic heterocycles. The highest BCUT2D eigenvalue weighted by Gasteiger charge is 2.18. The number of nitrogens with one attached hydrogen (secondary N) is 1. The molecule has 2 aromatic carbocycles. The first-order valence-corrected chi connectivity index (χ1v) is 7.13. The van der Waals surface area contributed by atoms with Gasteiger partial charge in [0.1, 0.15) is 6.07 Å². The van der Waals surface area contributed by atoms with Crippen LogP contribution in [0.5, 0.6) is 11.5 Å². The first-order valence-electron chi connectivity index (χ1n) is 7.13. The molecule has 120 valence electrons. The average molecular weight is 321 g/mol. The Morgan fingerprint density at radius 2 is 1.88 bits per heavy atom. The molecule has 0 unspecified atom stereocenters. The third kappa shape index (κ3) is 3.82. The second kappa shape index (κ2) is 7.66. The molecule has 6 nitrogen and oxygen atoms in total. The van der Waals surface area contributed by atoms with Crippen molar-refractivity contribution < 1.29 is 14.3 Å². The highest BCUT2D eigenvalue weighted by Crippen LogP contribution is 2.29. The van der Waals surface area contributed by atoms with Crippen LogP contribution in [0.25, 0.3) is 0 Å². The van der Waals surface area contributed by atoms with E-state index in [9.17, 15) is 4.79 Å². The Labute approximate surface area is 139 Å². The number of benzene rings is 2. The summed E-state index contributed by atoms with van der Waals surface area (Å²) in [4.78, 5) is 12.3. The third-order valence-electron chi connectivity index (χ3n) is 3.27. The summed E-state index contributed by atoms with van der Waals surface area (Å²) in [6.07, 6.45) is -0.821. The molecule has 0 spiro atoms. The second-order valence-electron chi connectivity index (χ2n) is 4.88. The number of methoxy groups -OCH3 is 1. The van der Waals surface area contributed by atoms with Crippen LogP contribution in [0.4, 0.5) is 5.69 Å². The lowest BCUT2D eigenvalue weighted by Gasteiger charge is -2.17. The quantitative estimate of drug-likeness (QED) is 0.913. The number of carbonyl (C=O) groups is 1. The monoisotopic (exact) mass is 321 g/mol. The Kier molecular flexibility index (Phi) is 5.38. The lowest BCUT2D eigenvalue weighted by atomic mass is 10.2. The summed E-state index contributed by atoms with van der Waals surface area (Å²) >= 11 is 0. The Hall–Kier alpha value is -3.51. The molecule has 0 saturated carbocycles. The SMILES string of the molecule is COc1cc(C#N)ccc1O[C@H](C)C(=O)Nc1ccccc1C#N. The van der Waals surface area contributed by atoms with Crippen LogP contribution in [0.3, 0.4) is 0 Å². The molecule has 2 aromatic rings. The van der Waals surface area contributed by atoms with Crippen molar-refractivity contribution in [1.29, 1.82) is 10.5 Å². The van der Waals surface area contributed by atoms with E-state index in [0.29, 0.717) is 28.3 Å². The zero-order valence-electron chi connectivity index (χ0n) is 13.2. The molecule has 1 N–H and O–H groups in total. The van der Waals surface area contributed by atoms with Crippen LogP contribution in [0.15, 0.2) is 42.5 Å². The van der Waals surface area contributed by atoms with Crippen molar-refractivity contribution in [2.75, 3.05) is 12.4 Å². The number of anilines is 1. The maximum absolute atomic E-state index is 12.3. The lowest BCUT2D eigenvalue weighted by molar-refractivity contribution is -0.122. The van der Waals surface area contributed by atoms with Crippen LogP contribution >= 0.6 is 0 Å². The standard InChI is InChI=1S/C18H15N3O3/c1-12(18(22)21-15-6-4-3-5-14(15)11-20)24-16-8-7-13(10-19)9-17(16)23-2/h3-9,12H,1-2H3,(H,21,22)/t12-/m1/s1. The van der Waals surface area contributed by atoms with Gasteiger partial charge in [-0.25, -0.2) is 0 Å². The Balaban J connectivity index is 2.12. The minimum atomic E-state index is -0.821. The summed E-state index contributed by atoms with van der Waals surface area (Å²) in [5.74, 6) is 0.322. The first kappa shape index (κ1) is 16.9. The van der Waals surface area contributed by atoms with Crippen molar-refractivity contribution in [3.8, 4) is 23.6 Å². The number of para-hydroxylation sites is 1. The van der Waals surface area contributed by atoms with Gasteiger partial charge in [0.25, 0.3) is 5.91 Å². The van der Waals surface area contributed by atoms with E-state index in [1.807, 2.05) is 12.1 Å². The molecule has 0 saturated heterocycles. The zero-order valence-corrected chi connectivity index (χ0v) is 13.2. The summed E-state index contributed by atoms with van der Waals surface area (Å²) in [6.45, 7) is 1.59. The normalized spacial score (nSPS) is 10.8. The van der Waals surface area contributed by atoms with Crippen molar-refractivity contribution in [1.82, 2.24) is 0 Å². The molecule has 6 heteroatoms. The molecule has 0 aliphatic carbocycles. The fourth-order valence-electron chi connectivity index (χ4n) is 2.00. The molecule has 0 radical (unpaired) electrons. The highest BCUT2D eigenvalue weighted by atomic mass is 16.5. The number of ether oxygens (including phenoxy) is 2. The van der Waals surface area contributed by atoms with Crippen LogP contribution in [0.2, 0.25) is 0 Å². The number of rotatable bonds is 5. The van der Waals surface area contributed by atoms with E-state index in [4.69, 9.17) is 20.0 Å². The highest BCUT2D eigenvalue weighted by molar-refractivity contribution is 5.95. The molecule has 0 fully saturated rings. The van der Waals surface area contributed by atoms with Gasteiger partial charge in [-0.3, -0.25) is 4.79 Å². The zero-order chi connectivity index (χ0) is 17.5.